The average molecular weight is 250 g/mol. The van der Waals surface area contributed by atoms with E-state index in [9.17, 15) is 4.79 Å². The lowest BCUT2D eigenvalue weighted by Gasteiger charge is -2.46. The van der Waals surface area contributed by atoms with Gasteiger partial charge in [-0.25, -0.2) is 4.79 Å². The second kappa shape index (κ2) is 5.46. The average Bonchev–Trinajstić information content (AvgIpc) is 2.86. The molecule has 0 aromatic heterocycles. The fourth-order valence-corrected chi connectivity index (χ4v) is 3.86. The Labute approximate surface area is 111 Å². The molecular formula is C16H26O2. The zero-order chi connectivity index (χ0) is 13.2. The largest absolute Gasteiger partial charge is 0.455 e. The third-order valence-corrected chi connectivity index (χ3v) is 4.97. The van der Waals surface area contributed by atoms with E-state index in [4.69, 9.17) is 4.74 Å². The predicted molar refractivity (Wildman–Crippen MR) is 73.2 cm³/mol. The van der Waals surface area contributed by atoms with Crippen molar-refractivity contribution in [3.8, 4) is 0 Å². The number of ether oxygens (including phenoxy) is 1. The summed E-state index contributed by atoms with van der Waals surface area (Å²) >= 11 is 0. The van der Waals surface area contributed by atoms with Gasteiger partial charge in [0.25, 0.3) is 0 Å². The summed E-state index contributed by atoms with van der Waals surface area (Å²) in [6.45, 7) is 7.74. The highest BCUT2D eigenvalue weighted by atomic mass is 16.6. The van der Waals surface area contributed by atoms with Gasteiger partial charge in [-0.2, -0.15) is 0 Å². The molecule has 0 aromatic rings. The van der Waals surface area contributed by atoms with Gasteiger partial charge in [-0.15, -0.1) is 0 Å². The van der Waals surface area contributed by atoms with Crippen molar-refractivity contribution in [1.82, 2.24) is 0 Å². The second-order valence-corrected chi connectivity index (χ2v) is 6.25. The molecular weight excluding hydrogens is 224 g/mol. The summed E-state index contributed by atoms with van der Waals surface area (Å²) < 4.78 is 6.00. The minimum absolute atomic E-state index is 0.185. The van der Waals surface area contributed by atoms with Crippen LogP contribution in [0.5, 0.6) is 0 Å². The maximum absolute atomic E-state index is 12.0. The summed E-state index contributed by atoms with van der Waals surface area (Å²) in [4.78, 5) is 12.0. The van der Waals surface area contributed by atoms with E-state index in [0.717, 1.165) is 6.42 Å². The summed E-state index contributed by atoms with van der Waals surface area (Å²) in [5.74, 6) is 0.893. The maximum Gasteiger partial charge on any atom is 0.333 e. The minimum atomic E-state index is -0.190. The fraction of sp³-hybridized carbons (Fsp3) is 0.812. The topological polar surface area (TPSA) is 26.3 Å². The molecule has 0 spiro atoms. The third kappa shape index (κ3) is 2.48. The quantitative estimate of drug-likeness (QED) is 0.553. The van der Waals surface area contributed by atoms with Crippen molar-refractivity contribution in [3.63, 3.8) is 0 Å². The molecule has 2 saturated carbocycles. The zero-order valence-corrected chi connectivity index (χ0v) is 11.8. The maximum atomic E-state index is 12.0. The Hall–Kier alpha value is -0.790. The summed E-state index contributed by atoms with van der Waals surface area (Å²) in [5, 5.41) is 0. The van der Waals surface area contributed by atoms with Crippen LogP contribution in [0.3, 0.4) is 0 Å². The van der Waals surface area contributed by atoms with Gasteiger partial charge in [0.15, 0.2) is 0 Å². The van der Waals surface area contributed by atoms with Gasteiger partial charge < -0.3 is 4.74 Å². The van der Waals surface area contributed by atoms with Crippen LogP contribution in [0.15, 0.2) is 12.2 Å². The molecule has 0 aromatic carbocycles. The van der Waals surface area contributed by atoms with E-state index in [0.29, 0.717) is 17.4 Å². The highest BCUT2D eigenvalue weighted by Gasteiger charge is 2.48. The molecule has 0 radical (unpaired) electrons. The molecule has 18 heavy (non-hydrogen) atoms. The smallest absolute Gasteiger partial charge is 0.333 e. The molecule has 0 heterocycles. The number of carbonyl (C=O) groups is 1. The van der Waals surface area contributed by atoms with E-state index in [2.05, 4.69) is 13.5 Å². The number of rotatable bonds is 3. The Morgan fingerprint density at radius 1 is 1.17 bits per heavy atom. The van der Waals surface area contributed by atoms with E-state index >= 15 is 0 Å². The Morgan fingerprint density at radius 2 is 1.78 bits per heavy atom. The minimum Gasteiger partial charge on any atom is -0.455 e. The van der Waals surface area contributed by atoms with Crippen LogP contribution in [-0.2, 0) is 9.53 Å². The Balaban J connectivity index is 2.20. The van der Waals surface area contributed by atoms with Gasteiger partial charge in [-0.1, -0.05) is 32.8 Å². The fourth-order valence-electron chi connectivity index (χ4n) is 3.86. The molecule has 2 atom stereocenters. The number of hydrogen-bond acceptors (Lipinski definition) is 2. The zero-order valence-electron chi connectivity index (χ0n) is 11.8. The molecule has 0 N–H and O–H groups in total. The van der Waals surface area contributed by atoms with E-state index in [1.807, 2.05) is 0 Å². The molecule has 2 heteroatoms. The van der Waals surface area contributed by atoms with Crippen LogP contribution in [0.25, 0.3) is 0 Å². The van der Waals surface area contributed by atoms with Gasteiger partial charge in [-0.05, 0) is 50.9 Å². The van der Waals surface area contributed by atoms with Crippen molar-refractivity contribution in [2.75, 3.05) is 0 Å². The first kappa shape index (κ1) is 13.6. The van der Waals surface area contributed by atoms with Crippen molar-refractivity contribution in [3.05, 3.63) is 12.2 Å². The van der Waals surface area contributed by atoms with E-state index in [1.54, 1.807) is 6.92 Å². The summed E-state index contributed by atoms with van der Waals surface area (Å²) in [5.41, 5.74) is 0.343. The number of carbonyl (C=O) groups excluding carboxylic acids is 1. The summed E-state index contributed by atoms with van der Waals surface area (Å²) in [7, 11) is 0. The SMILES string of the molecule is C=C(C)C(=O)OC1(C2CCCC2)CCCCC1C. The first-order valence-electron chi connectivity index (χ1n) is 7.45. The van der Waals surface area contributed by atoms with Crippen LogP contribution in [0.4, 0.5) is 0 Å². The molecule has 0 amide bonds. The number of esters is 1. The lowest BCUT2D eigenvalue weighted by molar-refractivity contribution is -0.175. The van der Waals surface area contributed by atoms with E-state index in [-0.39, 0.29) is 11.6 Å². The monoisotopic (exact) mass is 250 g/mol. The van der Waals surface area contributed by atoms with Crippen molar-refractivity contribution in [2.24, 2.45) is 11.8 Å². The number of hydrogen-bond donors (Lipinski definition) is 0. The third-order valence-electron chi connectivity index (χ3n) is 4.97. The Morgan fingerprint density at radius 3 is 2.33 bits per heavy atom. The first-order valence-corrected chi connectivity index (χ1v) is 7.45. The lowest BCUT2D eigenvalue weighted by Crippen LogP contribution is -2.49. The van der Waals surface area contributed by atoms with E-state index in [1.165, 1.54) is 44.9 Å². The Kier molecular flexibility index (Phi) is 4.14. The highest BCUT2D eigenvalue weighted by molar-refractivity contribution is 5.87. The highest BCUT2D eigenvalue weighted by Crippen LogP contribution is 2.48. The molecule has 2 fully saturated rings. The van der Waals surface area contributed by atoms with Crippen LogP contribution in [0.1, 0.15) is 65.2 Å². The molecule has 102 valence electrons. The molecule has 2 nitrogen and oxygen atoms in total. The van der Waals surface area contributed by atoms with Crippen molar-refractivity contribution in [1.29, 1.82) is 0 Å². The standard InChI is InChI=1S/C16H26O2/c1-12(2)15(17)18-16(14-9-4-5-10-14)11-7-6-8-13(16)3/h13-14H,1,4-11H2,2-3H3. The molecule has 2 unspecified atom stereocenters. The molecule has 2 aliphatic carbocycles. The van der Waals surface area contributed by atoms with Gasteiger partial charge in [0.2, 0.25) is 0 Å². The van der Waals surface area contributed by atoms with Gasteiger partial charge in [0.1, 0.15) is 5.60 Å². The second-order valence-electron chi connectivity index (χ2n) is 6.25. The van der Waals surface area contributed by atoms with E-state index < -0.39 is 0 Å². The molecule has 0 bridgehead atoms. The summed E-state index contributed by atoms with van der Waals surface area (Å²) in [6.07, 6.45) is 9.78. The van der Waals surface area contributed by atoms with Crippen LogP contribution in [0, 0.1) is 11.8 Å². The Bertz CT molecular complexity index is 328. The van der Waals surface area contributed by atoms with Crippen molar-refractivity contribution < 1.29 is 9.53 Å². The van der Waals surface area contributed by atoms with Gasteiger partial charge in [0.05, 0.1) is 0 Å². The van der Waals surface area contributed by atoms with Gasteiger partial charge in [0, 0.05) is 5.57 Å². The van der Waals surface area contributed by atoms with Crippen LogP contribution < -0.4 is 0 Å². The molecule has 2 aliphatic rings. The summed E-state index contributed by atoms with van der Waals surface area (Å²) in [6, 6.07) is 0. The van der Waals surface area contributed by atoms with Crippen molar-refractivity contribution in [2.45, 2.75) is 70.8 Å². The van der Waals surface area contributed by atoms with Crippen LogP contribution >= 0.6 is 0 Å². The van der Waals surface area contributed by atoms with Crippen molar-refractivity contribution >= 4 is 5.97 Å². The molecule has 0 saturated heterocycles. The molecule has 0 aliphatic heterocycles. The van der Waals surface area contributed by atoms with Crippen LogP contribution in [-0.4, -0.2) is 11.6 Å². The normalized spacial score (nSPS) is 33.3. The van der Waals surface area contributed by atoms with Gasteiger partial charge >= 0.3 is 5.97 Å². The van der Waals surface area contributed by atoms with Crippen LogP contribution in [0.2, 0.25) is 0 Å². The lowest BCUT2D eigenvalue weighted by atomic mass is 9.68. The first-order chi connectivity index (χ1) is 8.56. The molecule has 2 rings (SSSR count). The van der Waals surface area contributed by atoms with Gasteiger partial charge in [-0.3, -0.25) is 0 Å². The predicted octanol–water partition coefficient (Wildman–Crippen LogP) is 4.24.